The van der Waals surface area contributed by atoms with Crippen molar-refractivity contribution in [3.05, 3.63) is 56.4 Å². The molecule has 3 aromatic rings. The first-order valence-corrected chi connectivity index (χ1v) is 12.4. The zero-order valence-corrected chi connectivity index (χ0v) is 20.1. The molecule has 0 saturated carbocycles. The molecule has 1 aromatic carbocycles. The van der Waals surface area contributed by atoms with Crippen LogP contribution in [0.1, 0.15) is 40.0 Å². The van der Waals surface area contributed by atoms with Crippen LogP contribution in [0.4, 0.5) is 11.4 Å². The number of anilines is 2. The number of rotatable bonds is 7. The average molecular weight is 476 g/mol. The van der Waals surface area contributed by atoms with Gasteiger partial charge in [0, 0.05) is 18.4 Å². The Morgan fingerprint density at radius 1 is 1.09 bits per heavy atom. The highest BCUT2D eigenvalue weighted by Crippen LogP contribution is 2.29. The summed E-state index contributed by atoms with van der Waals surface area (Å²) in [7, 11) is -1.80. The van der Waals surface area contributed by atoms with E-state index in [-0.39, 0.29) is 17.2 Å². The normalized spacial score (nSPS) is 11.4. The monoisotopic (exact) mass is 475 g/mol. The molecule has 0 aliphatic heterocycles. The van der Waals surface area contributed by atoms with E-state index in [1.165, 1.54) is 4.68 Å². The maximum absolute atomic E-state index is 12.8. The van der Waals surface area contributed by atoms with Crippen molar-refractivity contribution in [2.45, 2.75) is 34.1 Å². The number of carbonyl (C=O) groups excluding carboxylic acids is 1. The van der Waals surface area contributed by atoms with Gasteiger partial charge < -0.3 is 5.32 Å². The molecule has 0 spiro atoms. The van der Waals surface area contributed by atoms with Gasteiger partial charge in [0.2, 0.25) is 10.0 Å². The average Bonchev–Trinajstić information content (AvgIpc) is 3.09. The van der Waals surface area contributed by atoms with Gasteiger partial charge in [0.05, 0.1) is 22.7 Å². The molecule has 3 rings (SSSR count). The van der Waals surface area contributed by atoms with Crippen molar-refractivity contribution in [1.29, 1.82) is 0 Å². The summed E-state index contributed by atoms with van der Waals surface area (Å²) in [6, 6.07) is 6.40. The van der Waals surface area contributed by atoms with Gasteiger partial charge in [-0.1, -0.05) is 6.92 Å². The minimum absolute atomic E-state index is 0.0397. The second-order valence-corrected chi connectivity index (χ2v) is 10.2. The zero-order chi connectivity index (χ0) is 23.6. The highest BCUT2D eigenvalue weighted by molar-refractivity contribution is 7.92. The lowest BCUT2D eigenvalue weighted by Gasteiger charge is -2.09. The topological polar surface area (TPSA) is 123 Å². The Morgan fingerprint density at radius 3 is 2.34 bits per heavy atom. The number of nitrogens with one attached hydrogen (secondary N) is 2. The van der Waals surface area contributed by atoms with Crippen LogP contribution in [0.3, 0.4) is 0 Å². The second-order valence-electron chi connectivity index (χ2n) is 7.40. The lowest BCUT2D eigenvalue weighted by atomic mass is 10.1. The van der Waals surface area contributed by atoms with E-state index in [0.717, 1.165) is 22.6 Å². The minimum Gasteiger partial charge on any atom is -0.321 e. The van der Waals surface area contributed by atoms with Crippen LogP contribution in [0.5, 0.6) is 0 Å². The predicted octanol–water partition coefficient (Wildman–Crippen LogP) is 3.23. The van der Waals surface area contributed by atoms with E-state index < -0.39 is 10.0 Å². The van der Waals surface area contributed by atoms with Gasteiger partial charge in [-0.2, -0.15) is 5.10 Å². The van der Waals surface area contributed by atoms with E-state index in [1.54, 1.807) is 45.2 Å². The lowest BCUT2D eigenvalue weighted by Crippen LogP contribution is -2.23. The van der Waals surface area contributed by atoms with Crippen LogP contribution < -0.4 is 15.6 Å². The van der Waals surface area contributed by atoms with Gasteiger partial charge >= 0.3 is 0 Å². The van der Waals surface area contributed by atoms with Gasteiger partial charge in [-0.15, -0.1) is 11.3 Å². The molecule has 0 fully saturated rings. The van der Waals surface area contributed by atoms with Gasteiger partial charge in [-0.3, -0.25) is 14.3 Å². The fourth-order valence-electron chi connectivity index (χ4n) is 3.12. The number of amides is 1. The van der Waals surface area contributed by atoms with Crippen molar-refractivity contribution in [3.8, 4) is 10.6 Å². The number of sulfonamides is 1. The van der Waals surface area contributed by atoms with Gasteiger partial charge in [0.1, 0.15) is 9.88 Å². The summed E-state index contributed by atoms with van der Waals surface area (Å²) < 4.78 is 27.5. The van der Waals surface area contributed by atoms with Crippen LogP contribution >= 0.6 is 11.3 Å². The summed E-state index contributed by atoms with van der Waals surface area (Å²) in [4.78, 5) is 30.3. The molecule has 1 amide bonds. The highest BCUT2D eigenvalue weighted by Gasteiger charge is 2.21. The number of nitrogens with zero attached hydrogens (tertiary/aromatic N) is 3. The molecule has 9 nitrogen and oxygen atoms in total. The molecule has 0 aliphatic carbocycles. The van der Waals surface area contributed by atoms with Gasteiger partial charge in [0.25, 0.3) is 11.5 Å². The lowest BCUT2D eigenvalue weighted by molar-refractivity contribution is 0.103. The predicted molar refractivity (Wildman–Crippen MR) is 127 cm³/mol. The van der Waals surface area contributed by atoms with E-state index >= 15 is 0 Å². The quantitative estimate of drug-likeness (QED) is 0.541. The van der Waals surface area contributed by atoms with Gasteiger partial charge in [0.15, 0.2) is 0 Å². The van der Waals surface area contributed by atoms with Crippen LogP contribution in [-0.2, 0) is 17.1 Å². The summed E-state index contributed by atoms with van der Waals surface area (Å²) in [6.45, 7) is 7.14. The molecule has 0 aliphatic rings. The van der Waals surface area contributed by atoms with Crippen LogP contribution in [0, 0.1) is 20.8 Å². The van der Waals surface area contributed by atoms with Crippen molar-refractivity contribution in [2.75, 3.05) is 15.8 Å². The Hall–Kier alpha value is -3.05. The van der Waals surface area contributed by atoms with Crippen LogP contribution in [0.2, 0.25) is 0 Å². The molecular weight excluding hydrogens is 450 g/mol. The maximum atomic E-state index is 12.8. The standard InChI is InChI=1S/C21H25N5O4S2/c1-6-11-32(29,30)25-16-9-7-15(8-10-16)23-19(27)18-14(4)22-20(31-18)17-12(2)13(3)24-26(5)21(17)28/h7-10,25H,6,11H2,1-5H3,(H,23,27). The first-order chi connectivity index (χ1) is 15.0. The molecule has 2 N–H and O–H groups in total. The van der Waals surface area contributed by atoms with E-state index in [0.29, 0.717) is 38.9 Å². The number of thiazole rings is 1. The molecule has 0 unspecified atom stereocenters. The number of carbonyl (C=O) groups is 1. The second kappa shape index (κ2) is 9.21. The van der Waals surface area contributed by atoms with Crippen molar-refractivity contribution in [1.82, 2.24) is 14.8 Å². The minimum atomic E-state index is -3.38. The molecule has 11 heteroatoms. The Balaban J connectivity index is 1.82. The van der Waals surface area contributed by atoms with Gasteiger partial charge in [-0.25, -0.2) is 18.1 Å². The molecule has 32 heavy (non-hydrogen) atoms. The summed E-state index contributed by atoms with van der Waals surface area (Å²) in [6.07, 6.45) is 0.518. The summed E-state index contributed by atoms with van der Waals surface area (Å²) in [5, 5.41) is 7.44. The van der Waals surface area contributed by atoms with E-state index in [9.17, 15) is 18.0 Å². The van der Waals surface area contributed by atoms with Crippen LogP contribution in [-0.4, -0.2) is 34.8 Å². The molecule has 0 bridgehead atoms. The number of aryl methyl sites for hydroxylation is 3. The SMILES string of the molecule is CCCS(=O)(=O)Nc1ccc(NC(=O)c2sc(-c3c(C)c(C)nn(C)c3=O)nc2C)cc1. The van der Waals surface area contributed by atoms with E-state index in [2.05, 4.69) is 20.1 Å². The zero-order valence-electron chi connectivity index (χ0n) is 18.5. The van der Waals surface area contributed by atoms with Crippen molar-refractivity contribution in [2.24, 2.45) is 7.05 Å². The molecule has 0 atom stereocenters. The number of hydrogen-bond donors (Lipinski definition) is 2. The maximum Gasteiger partial charge on any atom is 0.277 e. The molecule has 2 heterocycles. The Morgan fingerprint density at radius 2 is 1.72 bits per heavy atom. The molecule has 0 radical (unpaired) electrons. The van der Waals surface area contributed by atoms with Crippen LogP contribution in [0.25, 0.3) is 10.6 Å². The fourth-order valence-corrected chi connectivity index (χ4v) is 5.31. The fraction of sp³-hybridized carbons (Fsp3) is 0.333. The van der Waals surface area contributed by atoms with Crippen molar-refractivity contribution >= 4 is 38.6 Å². The Kier molecular flexibility index (Phi) is 6.79. The summed E-state index contributed by atoms with van der Waals surface area (Å²) in [5.74, 6) is -0.316. The third-order valence-corrected chi connectivity index (χ3v) is 7.50. The highest BCUT2D eigenvalue weighted by atomic mass is 32.2. The molecule has 0 saturated heterocycles. The third kappa shape index (κ3) is 5.05. The third-order valence-electron chi connectivity index (χ3n) is 4.83. The number of aromatic nitrogens is 3. The summed E-state index contributed by atoms with van der Waals surface area (Å²) >= 11 is 1.15. The largest absolute Gasteiger partial charge is 0.321 e. The first kappa shape index (κ1) is 23.6. The van der Waals surface area contributed by atoms with Crippen LogP contribution in [0.15, 0.2) is 29.1 Å². The molecule has 2 aromatic heterocycles. The van der Waals surface area contributed by atoms with Gasteiger partial charge in [-0.05, 0) is 57.0 Å². The molecular formula is C21H25N5O4S2. The number of benzene rings is 1. The first-order valence-electron chi connectivity index (χ1n) is 9.96. The molecule has 170 valence electrons. The smallest absolute Gasteiger partial charge is 0.277 e. The van der Waals surface area contributed by atoms with E-state index in [1.807, 2.05) is 13.8 Å². The summed E-state index contributed by atoms with van der Waals surface area (Å²) in [5.41, 5.74) is 3.07. The Labute approximate surface area is 190 Å². The van der Waals surface area contributed by atoms with Crippen molar-refractivity contribution < 1.29 is 13.2 Å². The van der Waals surface area contributed by atoms with E-state index in [4.69, 9.17) is 0 Å². The van der Waals surface area contributed by atoms with Crippen molar-refractivity contribution in [3.63, 3.8) is 0 Å². The Bertz CT molecular complexity index is 1330. The number of hydrogen-bond acceptors (Lipinski definition) is 7.